The highest BCUT2D eigenvalue weighted by atomic mass is 35.5. The number of hydrogen-bond donors (Lipinski definition) is 2. The lowest BCUT2D eigenvalue weighted by Crippen LogP contribution is -3.14. The fourth-order valence-corrected chi connectivity index (χ4v) is 2.62. The number of ether oxygens (including phenoxy) is 1. The molecule has 0 amide bonds. The van der Waals surface area contributed by atoms with Crippen LogP contribution in [-0.2, 0) is 11.3 Å². The van der Waals surface area contributed by atoms with E-state index in [4.69, 9.17) is 28.6 Å². The van der Waals surface area contributed by atoms with Crippen LogP contribution in [0.3, 0.4) is 0 Å². The molecule has 1 aromatic rings. The summed E-state index contributed by atoms with van der Waals surface area (Å²) in [6, 6.07) is 7.87. The molecular formula is C15H23ClN3OS+. The Balaban J connectivity index is 1.68. The molecule has 2 rings (SSSR count). The molecule has 0 aromatic heterocycles. The standard InChI is InChI=1S/C15H22ClN3OS/c1-18(12-13-2-4-14(16)5-3-13)15(21)17-6-7-19-8-10-20-11-9-19/h2-5H,6-12H2,1H3,(H,17,21)/p+1. The summed E-state index contributed by atoms with van der Waals surface area (Å²) in [5, 5.41) is 4.88. The average Bonchev–Trinajstić information content (AvgIpc) is 2.50. The van der Waals surface area contributed by atoms with E-state index in [1.807, 2.05) is 36.2 Å². The monoisotopic (exact) mass is 328 g/mol. The molecule has 4 nitrogen and oxygen atoms in total. The van der Waals surface area contributed by atoms with Gasteiger partial charge < -0.3 is 19.9 Å². The highest BCUT2D eigenvalue weighted by Gasteiger charge is 2.13. The first-order valence-electron chi connectivity index (χ1n) is 7.30. The Bertz CT molecular complexity index is 449. The summed E-state index contributed by atoms with van der Waals surface area (Å²) >= 11 is 11.3. The Morgan fingerprint density at radius 1 is 1.33 bits per heavy atom. The van der Waals surface area contributed by atoms with Crippen LogP contribution in [0.25, 0.3) is 0 Å². The number of benzene rings is 1. The second-order valence-electron chi connectivity index (χ2n) is 5.33. The minimum Gasteiger partial charge on any atom is -0.370 e. The maximum atomic E-state index is 5.89. The molecule has 2 N–H and O–H groups in total. The van der Waals surface area contributed by atoms with Crippen LogP contribution in [0.4, 0.5) is 0 Å². The molecule has 21 heavy (non-hydrogen) atoms. The Morgan fingerprint density at radius 3 is 2.67 bits per heavy atom. The number of rotatable bonds is 5. The molecule has 116 valence electrons. The Kier molecular flexibility index (Phi) is 6.70. The summed E-state index contributed by atoms with van der Waals surface area (Å²) in [5.74, 6) is 0. The first kappa shape index (κ1) is 16.5. The molecule has 0 bridgehead atoms. The zero-order valence-corrected chi connectivity index (χ0v) is 14.0. The number of nitrogens with one attached hydrogen (secondary N) is 2. The van der Waals surface area contributed by atoms with E-state index >= 15 is 0 Å². The minimum atomic E-state index is 0.760. The summed E-state index contributed by atoms with van der Waals surface area (Å²) in [7, 11) is 2.01. The minimum absolute atomic E-state index is 0.760. The van der Waals surface area contributed by atoms with Crippen molar-refractivity contribution in [3.63, 3.8) is 0 Å². The third-order valence-corrected chi connectivity index (χ3v) is 4.34. The Morgan fingerprint density at radius 2 is 2.00 bits per heavy atom. The van der Waals surface area contributed by atoms with Gasteiger partial charge in [-0.1, -0.05) is 23.7 Å². The van der Waals surface area contributed by atoms with Gasteiger partial charge in [-0.05, 0) is 29.9 Å². The molecule has 1 fully saturated rings. The van der Waals surface area contributed by atoms with Gasteiger partial charge in [0.2, 0.25) is 0 Å². The van der Waals surface area contributed by atoms with Gasteiger partial charge in [-0.15, -0.1) is 0 Å². The van der Waals surface area contributed by atoms with Gasteiger partial charge in [0.15, 0.2) is 5.11 Å². The Labute approximate surface area is 137 Å². The van der Waals surface area contributed by atoms with Gasteiger partial charge in [-0.25, -0.2) is 0 Å². The third-order valence-electron chi connectivity index (χ3n) is 3.63. The molecule has 0 atom stereocenters. The van der Waals surface area contributed by atoms with Crippen molar-refractivity contribution >= 4 is 28.9 Å². The van der Waals surface area contributed by atoms with Gasteiger partial charge in [-0.2, -0.15) is 0 Å². The van der Waals surface area contributed by atoms with Crippen LogP contribution in [0.2, 0.25) is 5.02 Å². The molecular weight excluding hydrogens is 306 g/mol. The van der Waals surface area contributed by atoms with E-state index in [9.17, 15) is 0 Å². The lowest BCUT2D eigenvalue weighted by atomic mass is 10.2. The quantitative estimate of drug-likeness (QED) is 0.773. The fourth-order valence-electron chi connectivity index (χ4n) is 2.33. The predicted octanol–water partition coefficient (Wildman–Crippen LogP) is 0.561. The molecule has 1 aliphatic rings. The van der Waals surface area contributed by atoms with Gasteiger partial charge >= 0.3 is 0 Å². The molecule has 0 unspecified atom stereocenters. The van der Waals surface area contributed by atoms with Crippen molar-refractivity contribution in [2.75, 3.05) is 46.4 Å². The zero-order valence-electron chi connectivity index (χ0n) is 12.4. The summed E-state index contributed by atoms with van der Waals surface area (Å²) < 4.78 is 5.36. The lowest BCUT2D eigenvalue weighted by molar-refractivity contribution is -0.906. The first-order valence-corrected chi connectivity index (χ1v) is 8.08. The third kappa shape index (κ3) is 5.79. The number of halogens is 1. The maximum absolute atomic E-state index is 5.89. The van der Waals surface area contributed by atoms with Crippen molar-refractivity contribution in [2.45, 2.75) is 6.54 Å². The normalized spacial score (nSPS) is 15.7. The van der Waals surface area contributed by atoms with E-state index in [1.165, 1.54) is 5.56 Å². The largest absolute Gasteiger partial charge is 0.370 e. The van der Waals surface area contributed by atoms with E-state index in [1.54, 1.807) is 4.90 Å². The van der Waals surface area contributed by atoms with Gasteiger partial charge in [0, 0.05) is 18.6 Å². The SMILES string of the molecule is CN(Cc1ccc(Cl)cc1)C(=S)NCC[NH+]1CCOCC1. The predicted molar refractivity (Wildman–Crippen MR) is 89.9 cm³/mol. The molecule has 0 saturated carbocycles. The van der Waals surface area contributed by atoms with E-state index in [0.29, 0.717) is 0 Å². The van der Waals surface area contributed by atoms with Gasteiger partial charge in [0.05, 0.1) is 26.3 Å². The van der Waals surface area contributed by atoms with Crippen molar-refractivity contribution in [2.24, 2.45) is 0 Å². The smallest absolute Gasteiger partial charge is 0.169 e. The average molecular weight is 329 g/mol. The number of morpholine rings is 1. The van der Waals surface area contributed by atoms with E-state index < -0.39 is 0 Å². The van der Waals surface area contributed by atoms with Gasteiger partial charge in [-0.3, -0.25) is 0 Å². The van der Waals surface area contributed by atoms with Crippen LogP contribution in [-0.4, -0.2) is 56.5 Å². The second kappa shape index (κ2) is 8.54. The van der Waals surface area contributed by atoms with E-state index in [0.717, 1.165) is 56.1 Å². The van der Waals surface area contributed by atoms with Crippen molar-refractivity contribution in [1.29, 1.82) is 0 Å². The second-order valence-corrected chi connectivity index (χ2v) is 6.15. The molecule has 0 spiro atoms. The molecule has 0 radical (unpaired) electrons. The van der Waals surface area contributed by atoms with Crippen molar-refractivity contribution in [3.8, 4) is 0 Å². The van der Waals surface area contributed by atoms with Crippen molar-refractivity contribution < 1.29 is 9.64 Å². The van der Waals surface area contributed by atoms with Gasteiger partial charge in [0.1, 0.15) is 13.1 Å². The van der Waals surface area contributed by atoms with Crippen LogP contribution >= 0.6 is 23.8 Å². The number of thiocarbonyl (C=S) groups is 1. The number of nitrogens with zero attached hydrogens (tertiary/aromatic N) is 1. The summed E-state index contributed by atoms with van der Waals surface area (Å²) in [6.45, 7) is 6.70. The fraction of sp³-hybridized carbons (Fsp3) is 0.533. The zero-order chi connectivity index (χ0) is 15.1. The maximum Gasteiger partial charge on any atom is 0.169 e. The highest BCUT2D eigenvalue weighted by Crippen LogP contribution is 2.10. The molecule has 1 aromatic carbocycles. The van der Waals surface area contributed by atoms with Crippen molar-refractivity contribution in [3.05, 3.63) is 34.9 Å². The summed E-state index contributed by atoms with van der Waals surface area (Å²) in [6.07, 6.45) is 0. The summed E-state index contributed by atoms with van der Waals surface area (Å²) in [5.41, 5.74) is 1.20. The number of quaternary nitrogens is 1. The van der Waals surface area contributed by atoms with Crippen molar-refractivity contribution in [1.82, 2.24) is 10.2 Å². The molecule has 6 heteroatoms. The Hall–Kier alpha value is -0.880. The topological polar surface area (TPSA) is 28.9 Å². The van der Waals surface area contributed by atoms with Crippen LogP contribution in [0.1, 0.15) is 5.56 Å². The van der Waals surface area contributed by atoms with Crippen LogP contribution in [0.5, 0.6) is 0 Å². The number of hydrogen-bond acceptors (Lipinski definition) is 2. The molecule has 1 aliphatic heterocycles. The van der Waals surface area contributed by atoms with Gasteiger partial charge in [0.25, 0.3) is 0 Å². The van der Waals surface area contributed by atoms with E-state index in [2.05, 4.69) is 5.32 Å². The molecule has 1 heterocycles. The molecule has 0 aliphatic carbocycles. The first-order chi connectivity index (χ1) is 10.1. The highest BCUT2D eigenvalue weighted by molar-refractivity contribution is 7.80. The van der Waals surface area contributed by atoms with Crippen LogP contribution < -0.4 is 10.2 Å². The van der Waals surface area contributed by atoms with Crippen LogP contribution in [0, 0.1) is 0 Å². The lowest BCUT2D eigenvalue weighted by Gasteiger charge is -2.25. The van der Waals surface area contributed by atoms with E-state index in [-0.39, 0.29) is 0 Å². The molecule has 1 saturated heterocycles. The summed E-state index contributed by atoms with van der Waals surface area (Å²) in [4.78, 5) is 3.63. The van der Waals surface area contributed by atoms with Crippen LogP contribution in [0.15, 0.2) is 24.3 Å².